The quantitative estimate of drug-likeness (QED) is 0.742. The number of hydrogen-bond acceptors (Lipinski definition) is 4. The van der Waals surface area contributed by atoms with Gasteiger partial charge in [0, 0.05) is 0 Å². The number of aromatic hydroxyl groups is 1. The van der Waals surface area contributed by atoms with Gasteiger partial charge in [0.2, 0.25) is 5.82 Å². The van der Waals surface area contributed by atoms with E-state index in [2.05, 4.69) is 10.1 Å². The average Bonchev–Trinajstić information content (AvgIpc) is 2.61. The number of aldehydes is 1. The van der Waals surface area contributed by atoms with Crippen LogP contribution in [0.5, 0.6) is 5.75 Å². The molecule has 0 saturated heterocycles. The first-order chi connectivity index (χ1) is 7.20. The van der Waals surface area contributed by atoms with Gasteiger partial charge < -0.3 is 5.11 Å². The van der Waals surface area contributed by atoms with E-state index in [4.69, 9.17) is 5.11 Å². The summed E-state index contributed by atoms with van der Waals surface area (Å²) in [5.74, 6) is 0.968. The van der Waals surface area contributed by atoms with Crippen LogP contribution in [0.2, 0.25) is 0 Å². The summed E-state index contributed by atoms with van der Waals surface area (Å²) in [5, 5.41) is 13.1. The van der Waals surface area contributed by atoms with Gasteiger partial charge in [0.1, 0.15) is 11.6 Å². The maximum atomic E-state index is 10.5. The molecule has 0 spiro atoms. The SMILES string of the molecule is Cc1nc(C=O)nn1-c1ccc(O)cc1. The zero-order valence-corrected chi connectivity index (χ0v) is 8.08. The van der Waals surface area contributed by atoms with Crippen molar-refractivity contribution in [2.75, 3.05) is 0 Å². The van der Waals surface area contributed by atoms with Crippen LogP contribution in [0.4, 0.5) is 0 Å². The van der Waals surface area contributed by atoms with Crippen molar-refractivity contribution < 1.29 is 9.90 Å². The Morgan fingerprint density at radius 3 is 2.53 bits per heavy atom. The molecule has 0 atom stereocenters. The molecule has 76 valence electrons. The van der Waals surface area contributed by atoms with Crippen LogP contribution in [0.25, 0.3) is 5.69 Å². The number of carbonyl (C=O) groups excluding carboxylic acids is 1. The van der Waals surface area contributed by atoms with E-state index in [1.54, 1.807) is 35.9 Å². The van der Waals surface area contributed by atoms with Gasteiger partial charge in [-0.1, -0.05) is 0 Å². The molecule has 0 radical (unpaired) electrons. The lowest BCUT2D eigenvalue weighted by molar-refractivity contribution is 0.111. The van der Waals surface area contributed by atoms with Crippen LogP contribution >= 0.6 is 0 Å². The van der Waals surface area contributed by atoms with Gasteiger partial charge in [-0.15, -0.1) is 5.10 Å². The number of rotatable bonds is 2. The van der Waals surface area contributed by atoms with Gasteiger partial charge in [-0.25, -0.2) is 9.67 Å². The fourth-order valence-corrected chi connectivity index (χ4v) is 1.30. The Morgan fingerprint density at radius 2 is 2.00 bits per heavy atom. The van der Waals surface area contributed by atoms with Gasteiger partial charge in [0.05, 0.1) is 5.69 Å². The molecule has 5 heteroatoms. The third kappa shape index (κ3) is 1.71. The molecule has 0 unspecified atom stereocenters. The minimum Gasteiger partial charge on any atom is -0.508 e. The maximum absolute atomic E-state index is 10.5. The fourth-order valence-electron chi connectivity index (χ4n) is 1.30. The van der Waals surface area contributed by atoms with Crippen LogP contribution in [-0.4, -0.2) is 26.2 Å². The third-order valence-corrected chi connectivity index (χ3v) is 1.99. The van der Waals surface area contributed by atoms with E-state index in [-0.39, 0.29) is 11.6 Å². The highest BCUT2D eigenvalue weighted by molar-refractivity contribution is 5.68. The summed E-state index contributed by atoms with van der Waals surface area (Å²) in [6.45, 7) is 1.76. The fraction of sp³-hybridized carbons (Fsp3) is 0.100. The Morgan fingerprint density at radius 1 is 1.33 bits per heavy atom. The first kappa shape index (κ1) is 9.39. The van der Waals surface area contributed by atoms with Crippen molar-refractivity contribution in [1.29, 1.82) is 0 Å². The highest BCUT2D eigenvalue weighted by atomic mass is 16.3. The number of benzene rings is 1. The predicted molar refractivity (Wildman–Crippen MR) is 53.1 cm³/mol. The van der Waals surface area contributed by atoms with Crippen molar-refractivity contribution in [2.24, 2.45) is 0 Å². The Kier molecular flexibility index (Phi) is 2.21. The molecule has 0 aliphatic carbocycles. The highest BCUT2D eigenvalue weighted by Crippen LogP contribution is 2.13. The van der Waals surface area contributed by atoms with Crippen LogP contribution in [0.1, 0.15) is 16.4 Å². The van der Waals surface area contributed by atoms with E-state index in [1.165, 1.54) is 0 Å². The normalized spacial score (nSPS) is 10.2. The van der Waals surface area contributed by atoms with Gasteiger partial charge in [0.25, 0.3) is 0 Å². The van der Waals surface area contributed by atoms with Crippen LogP contribution in [-0.2, 0) is 0 Å². The summed E-state index contributed by atoms with van der Waals surface area (Å²) < 4.78 is 1.54. The number of carbonyl (C=O) groups is 1. The first-order valence-electron chi connectivity index (χ1n) is 4.39. The summed E-state index contributed by atoms with van der Waals surface area (Å²) >= 11 is 0. The molecule has 0 bridgehead atoms. The molecule has 1 heterocycles. The first-order valence-corrected chi connectivity index (χ1v) is 4.39. The minimum atomic E-state index is 0.153. The number of aromatic nitrogens is 3. The smallest absolute Gasteiger partial charge is 0.214 e. The molecular weight excluding hydrogens is 194 g/mol. The monoisotopic (exact) mass is 203 g/mol. The van der Waals surface area contributed by atoms with Crippen LogP contribution < -0.4 is 0 Å². The highest BCUT2D eigenvalue weighted by Gasteiger charge is 2.06. The number of hydrogen-bond donors (Lipinski definition) is 1. The minimum absolute atomic E-state index is 0.153. The molecule has 0 saturated carbocycles. The van der Waals surface area contributed by atoms with Gasteiger partial charge in [0.15, 0.2) is 6.29 Å². The summed E-state index contributed by atoms with van der Waals surface area (Å²) in [6.07, 6.45) is 0.601. The zero-order valence-electron chi connectivity index (χ0n) is 8.08. The van der Waals surface area contributed by atoms with Crippen LogP contribution in [0, 0.1) is 6.92 Å². The zero-order chi connectivity index (χ0) is 10.8. The van der Waals surface area contributed by atoms with Gasteiger partial charge in [-0.3, -0.25) is 4.79 Å². The van der Waals surface area contributed by atoms with E-state index in [0.29, 0.717) is 12.1 Å². The van der Waals surface area contributed by atoms with E-state index in [9.17, 15) is 4.79 Å². The van der Waals surface area contributed by atoms with E-state index < -0.39 is 0 Å². The average molecular weight is 203 g/mol. The van der Waals surface area contributed by atoms with E-state index in [0.717, 1.165) is 5.69 Å². The predicted octanol–water partition coefficient (Wildman–Crippen LogP) is 1.09. The Hall–Kier alpha value is -2.17. The third-order valence-electron chi connectivity index (χ3n) is 1.99. The lowest BCUT2D eigenvalue weighted by Gasteiger charge is -2.01. The van der Waals surface area contributed by atoms with Crippen LogP contribution in [0.3, 0.4) is 0 Å². The second-order valence-corrected chi connectivity index (χ2v) is 3.06. The van der Waals surface area contributed by atoms with Crippen molar-refractivity contribution in [3.63, 3.8) is 0 Å². The molecule has 5 nitrogen and oxygen atoms in total. The molecule has 1 aromatic carbocycles. The lowest BCUT2D eigenvalue weighted by atomic mass is 10.3. The molecule has 0 fully saturated rings. The Balaban J connectivity index is 2.48. The second-order valence-electron chi connectivity index (χ2n) is 3.06. The van der Waals surface area contributed by atoms with Gasteiger partial charge >= 0.3 is 0 Å². The summed E-state index contributed by atoms with van der Waals surface area (Å²) in [4.78, 5) is 14.4. The molecule has 1 N–H and O–H groups in total. The molecular formula is C10H9N3O2. The van der Waals surface area contributed by atoms with Crippen molar-refractivity contribution in [2.45, 2.75) is 6.92 Å². The number of aryl methyl sites for hydroxylation is 1. The largest absolute Gasteiger partial charge is 0.508 e. The van der Waals surface area contributed by atoms with Gasteiger partial charge in [-0.2, -0.15) is 0 Å². The lowest BCUT2D eigenvalue weighted by Crippen LogP contribution is -1.98. The Bertz CT molecular complexity index is 488. The number of phenolic OH excluding ortho intramolecular Hbond substituents is 1. The van der Waals surface area contributed by atoms with E-state index >= 15 is 0 Å². The summed E-state index contributed by atoms with van der Waals surface area (Å²) in [7, 11) is 0. The topological polar surface area (TPSA) is 68.0 Å². The summed E-state index contributed by atoms with van der Waals surface area (Å²) in [6, 6.07) is 6.51. The molecule has 0 aliphatic heterocycles. The van der Waals surface area contributed by atoms with Gasteiger partial charge in [-0.05, 0) is 31.2 Å². The Labute approximate surface area is 86.0 Å². The van der Waals surface area contributed by atoms with Crippen molar-refractivity contribution in [3.05, 3.63) is 35.9 Å². The number of nitrogens with zero attached hydrogens (tertiary/aromatic N) is 3. The molecule has 0 aliphatic rings. The standard InChI is InChI=1S/C10H9N3O2/c1-7-11-10(6-14)12-13(7)8-2-4-9(15)5-3-8/h2-6,15H,1H3. The maximum Gasteiger partial charge on any atom is 0.214 e. The van der Waals surface area contributed by atoms with Crippen LogP contribution in [0.15, 0.2) is 24.3 Å². The molecule has 2 aromatic rings. The van der Waals surface area contributed by atoms with Crippen molar-refractivity contribution >= 4 is 6.29 Å². The summed E-state index contributed by atoms with van der Waals surface area (Å²) in [5.41, 5.74) is 0.755. The van der Waals surface area contributed by atoms with Crippen molar-refractivity contribution in [1.82, 2.24) is 14.8 Å². The second kappa shape index (κ2) is 3.53. The molecule has 0 amide bonds. The van der Waals surface area contributed by atoms with E-state index in [1.807, 2.05) is 0 Å². The molecule has 1 aromatic heterocycles. The number of phenols is 1. The molecule has 15 heavy (non-hydrogen) atoms. The molecule has 2 rings (SSSR count). The van der Waals surface area contributed by atoms with Crippen molar-refractivity contribution in [3.8, 4) is 11.4 Å².